The minimum absolute atomic E-state index is 0.00580. The third kappa shape index (κ3) is 7.61. The summed E-state index contributed by atoms with van der Waals surface area (Å²) in [6, 6.07) is 17.2. The largest absolute Gasteiger partial charge is 0.352 e. The van der Waals surface area contributed by atoms with Gasteiger partial charge >= 0.3 is 0 Å². The molecule has 1 N–H and O–H groups in total. The Morgan fingerprint density at radius 3 is 2.15 bits per heavy atom. The van der Waals surface area contributed by atoms with Crippen molar-refractivity contribution in [1.82, 2.24) is 10.2 Å². The van der Waals surface area contributed by atoms with Gasteiger partial charge in [0, 0.05) is 17.6 Å². The van der Waals surface area contributed by atoms with E-state index in [1.54, 1.807) is 50.2 Å². The molecule has 0 aliphatic rings. The van der Waals surface area contributed by atoms with Crippen molar-refractivity contribution >= 4 is 39.1 Å². The smallest absolute Gasteiger partial charge is 0.264 e. The molecule has 0 spiro atoms. The predicted molar refractivity (Wildman–Crippen MR) is 156 cm³/mol. The van der Waals surface area contributed by atoms with Gasteiger partial charge in [-0.2, -0.15) is 0 Å². The topological polar surface area (TPSA) is 86.8 Å². The fourth-order valence-electron chi connectivity index (χ4n) is 4.24. The molecule has 0 aliphatic heterocycles. The molecule has 3 aromatic rings. The van der Waals surface area contributed by atoms with Gasteiger partial charge in [0.25, 0.3) is 10.0 Å². The van der Waals surface area contributed by atoms with Gasteiger partial charge in [-0.3, -0.25) is 13.9 Å². The number of aryl methyl sites for hydroxylation is 1. The Balaban J connectivity index is 2.06. The molecule has 0 fully saturated rings. The molecule has 0 bridgehead atoms. The summed E-state index contributed by atoms with van der Waals surface area (Å²) in [6.07, 6.45) is 0.998. The van der Waals surface area contributed by atoms with Crippen LogP contribution in [0.3, 0.4) is 0 Å². The molecule has 0 saturated heterocycles. The first-order valence-corrected chi connectivity index (χ1v) is 15.0. The maximum Gasteiger partial charge on any atom is 0.264 e. The van der Waals surface area contributed by atoms with Gasteiger partial charge in [0.1, 0.15) is 18.4 Å². The highest BCUT2D eigenvalue weighted by molar-refractivity contribution is 7.92. The second-order valence-corrected chi connectivity index (χ2v) is 11.9. The Morgan fingerprint density at radius 1 is 0.950 bits per heavy atom. The molecule has 214 valence electrons. The number of hydrogen-bond donors (Lipinski definition) is 1. The highest BCUT2D eigenvalue weighted by Crippen LogP contribution is 2.28. The lowest BCUT2D eigenvalue weighted by atomic mass is 10.1. The summed E-state index contributed by atoms with van der Waals surface area (Å²) in [7, 11) is -4.20. The minimum atomic E-state index is -4.20. The number of carbonyl (C=O) groups excluding carboxylic acids is 2. The van der Waals surface area contributed by atoms with Crippen LogP contribution in [0.25, 0.3) is 0 Å². The molecule has 0 saturated carbocycles. The van der Waals surface area contributed by atoms with Crippen molar-refractivity contribution in [2.24, 2.45) is 0 Å². The van der Waals surface area contributed by atoms with Gasteiger partial charge in [-0.1, -0.05) is 55.8 Å². The lowest BCUT2D eigenvalue weighted by molar-refractivity contribution is -0.140. The first-order chi connectivity index (χ1) is 19.0. The number of sulfonamides is 1. The van der Waals surface area contributed by atoms with Crippen LogP contribution in [0.5, 0.6) is 0 Å². The second-order valence-electron chi connectivity index (χ2n) is 9.64. The number of amides is 2. The van der Waals surface area contributed by atoms with E-state index in [0.29, 0.717) is 34.7 Å². The summed E-state index contributed by atoms with van der Waals surface area (Å²) in [6.45, 7) is 6.80. The number of halogens is 2. The zero-order chi connectivity index (χ0) is 29.4. The van der Waals surface area contributed by atoms with Crippen molar-refractivity contribution in [2.75, 3.05) is 10.8 Å². The summed E-state index contributed by atoms with van der Waals surface area (Å²) in [4.78, 5) is 28.7. The summed E-state index contributed by atoms with van der Waals surface area (Å²) >= 11 is 5.99. The van der Waals surface area contributed by atoms with E-state index >= 15 is 0 Å². The first-order valence-electron chi connectivity index (χ1n) is 13.2. The first kappa shape index (κ1) is 31.1. The predicted octanol–water partition coefficient (Wildman–Crippen LogP) is 5.70. The van der Waals surface area contributed by atoms with Gasteiger partial charge in [-0.15, -0.1) is 0 Å². The van der Waals surface area contributed by atoms with Crippen LogP contribution in [-0.2, 0) is 26.2 Å². The van der Waals surface area contributed by atoms with E-state index in [-0.39, 0.29) is 23.4 Å². The quantitative estimate of drug-likeness (QED) is 0.294. The summed E-state index contributed by atoms with van der Waals surface area (Å²) in [5.74, 6) is -1.34. The lowest BCUT2D eigenvalue weighted by Gasteiger charge is -2.34. The van der Waals surface area contributed by atoms with Crippen LogP contribution >= 0.6 is 11.6 Å². The Hall–Kier alpha value is -3.43. The van der Waals surface area contributed by atoms with Gasteiger partial charge in [0.05, 0.1) is 10.6 Å². The molecule has 3 aromatic carbocycles. The molecule has 0 aromatic heterocycles. The maximum atomic E-state index is 14.0. The van der Waals surface area contributed by atoms with Crippen molar-refractivity contribution < 1.29 is 22.4 Å². The number of para-hydroxylation sites is 1. The maximum absolute atomic E-state index is 14.0. The van der Waals surface area contributed by atoms with E-state index in [1.807, 2.05) is 13.8 Å². The molecule has 3 rings (SSSR count). The molecule has 7 nitrogen and oxygen atoms in total. The van der Waals surface area contributed by atoms with Gasteiger partial charge < -0.3 is 10.2 Å². The van der Waals surface area contributed by atoms with Gasteiger partial charge in [0.15, 0.2) is 0 Å². The number of carbonyl (C=O) groups is 2. The third-order valence-corrected chi connectivity index (χ3v) is 8.74. The Labute approximate surface area is 241 Å². The third-order valence-electron chi connectivity index (χ3n) is 6.72. The van der Waals surface area contributed by atoms with Crippen molar-refractivity contribution in [3.63, 3.8) is 0 Å². The summed E-state index contributed by atoms with van der Waals surface area (Å²) in [5.41, 5.74) is 1.59. The zero-order valence-corrected chi connectivity index (χ0v) is 24.7. The fourth-order valence-corrected chi connectivity index (χ4v) is 5.84. The number of benzene rings is 3. The number of nitrogens with one attached hydrogen (secondary N) is 1. The van der Waals surface area contributed by atoms with E-state index in [9.17, 15) is 22.4 Å². The highest BCUT2D eigenvalue weighted by Gasteiger charge is 2.34. The molecular weight excluding hydrogens is 553 g/mol. The van der Waals surface area contributed by atoms with Crippen molar-refractivity contribution in [2.45, 2.75) is 64.1 Å². The van der Waals surface area contributed by atoms with Crippen LogP contribution in [-0.4, -0.2) is 43.8 Å². The van der Waals surface area contributed by atoms with Crippen molar-refractivity contribution in [3.05, 3.63) is 94.8 Å². The zero-order valence-electron chi connectivity index (χ0n) is 23.1. The number of rotatable bonds is 12. The van der Waals surface area contributed by atoms with E-state index < -0.39 is 34.3 Å². The average molecular weight is 588 g/mol. The average Bonchev–Trinajstić information content (AvgIpc) is 2.93. The van der Waals surface area contributed by atoms with Crippen LogP contribution in [0.1, 0.15) is 44.7 Å². The standard InChI is InChI=1S/C30H35ClFN3O4S/c1-5-22(4)33-30(37)27(6-2)34(19-23-11-15-25(32)16-12-23)29(36)20-35(28-10-8-7-9-21(28)3)40(38,39)26-17-13-24(31)14-18-26/h7-18,22,27H,5-6,19-20H2,1-4H3,(H,33,37)/t22-,27-/m1/s1. The van der Waals surface area contributed by atoms with Gasteiger partial charge in [0.2, 0.25) is 11.8 Å². The van der Waals surface area contributed by atoms with Crippen LogP contribution in [0, 0.1) is 12.7 Å². The van der Waals surface area contributed by atoms with Gasteiger partial charge in [-0.25, -0.2) is 12.8 Å². The van der Waals surface area contributed by atoms with E-state index in [4.69, 9.17) is 11.6 Å². The molecule has 40 heavy (non-hydrogen) atoms. The number of nitrogens with zero attached hydrogens (tertiary/aromatic N) is 2. The molecule has 0 aliphatic carbocycles. The Bertz CT molecular complexity index is 1420. The number of hydrogen-bond acceptors (Lipinski definition) is 4. The van der Waals surface area contributed by atoms with E-state index in [0.717, 1.165) is 4.31 Å². The van der Waals surface area contributed by atoms with Gasteiger partial charge in [-0.05, 0) is 80.3 Å². The van der Waals surface area contributed by atoms with Crippen LogP contribution in [0.2, 0.25) is 5.02 Å². The molecule has 2 atom stereocenters. The molecule has 0 radical (unpaired) electrons. The van der Waals surface area contributed by atoms with Crippen LogP contribution < -0.4 is 9.62 Å². The normalized spacial score (nSPS) is 12.8. The molecule has 0 heterocycles. The SMILES string of the molecule is CC[C@@H](C)NC(=O)[C@@H](CC)N(Cc1ccc(F)cc1)C(=O)CN(c1ccccc1C)S(=O)(=O)c1ccc(Cl)cc1. The molecule has 10 heteroatoms. The lowest BCUT2D eigenvalue weighted by Crippen LogP contribution is -2.53. The molecular formula is C30H35ClFN3O4S. The fraction of sp³-hybridized carbons (Fsp3) is 0.333. The molecule has 0 unspecified atom stereocenters. The van der Waals surface area contributed by atoms with E-state index in [2.05, 4.69) is 5.32 Å². The van der Waals surface area contributed by atoms with Crippen molar-refractivity contribution in [1.29, 1.82) is 0 Å². The Morgan fingerprint density at radius 2 is 1.57 bits per heavy atom. The van der Waals surface area contributed by atoms with Crippen LogP contribution in [0.15, 0.2) is 77.7 Å². The monoisotopic (exact) mass is 587 g/mol. The number of anilines is 1. The highest BCUT2D eigenvalue weighted by atomic mass is 35.5. The van der Waals surface area contributed by atoms with Crippen molar-refractivity contribution in [3.8, 4) is 0 Å². The minimum Gasteiger partial charge on any atom is -0.352 e. The summed E-state index contributed by atoms with van der Waals surface area (Å²) < 4.78 is 42.5. The Kier molecular flexibility index (Phi) is 10.7. The second kappa shape index (κ2) is 13.8. The summed E-state index contributed by atoms with van der Waals surface area (Å²) in [5, 5.41) is 3.31. The molecule has 2 amide bonds. The van der Waals surface area contributed by atoms with Crippen LogP contribution in [0.4, 0.5) is 10.1 Å². The van der Waals surface area contributed by atoms with E-state index in [1.165, 1.54) is 41.3 Å².